The Hall–Kier alpha value is -2.26. The first kappa shape index (κ1) is 14.8. The van der Waals surface area contributed by atoms with Crippen LogP contribution in [0.4, 0.5) is 0 Å². The molecule has 0 amide bonds. The lowest BCUT2D eigenvalue weighted by Crippen LogP contribution is -2.06. The fraction of sp³-hybridized carbons (Fsp3) is 0.125. The SMILES string of the molecule is CC(=O)[C@H](O)c1ccccc1.O=Cc1ccccc1. The standard InChI is InChI=1S/C9H10O2.C7H6O/c1-7(10)9(11)8-5-3-2-4-6-8;8-6-7-4-2-1-3-5-7/h2-6,9,11H,1H3;1-6H/t9-;/m0./s1. The molecule has 98 valence electrons. The van der Waals surface area contributed by atoms with Crippen LogP contribution in [0.25, 0.3) is 0 Å². The quantitative estimate of drug-likeness (QED) is 0.859. The van der Waals surface area contributed by atoms with Crippen molar-refractivity contribution in [2.75, 3.05) is 0 Å². The maximum absolute atomic E-state index is 10.7. The molecular weight excluding hydrogens is 240 g/mol. The molecule has 19 heavy (non-hydrogen) atoms. The Balaban J connectivity index is 0.000000200. The van der Waals surface area contributed by atoms with Crippen molar-refractivity contribution < 1.29 is 14.7 Å². The molecule has 1 atom stereocenters. The van der Waals surface area contributed by atoms with Crippen molar-refractivity contribution in [1.29, 1.82) is 0 Å². The van der Waals surface area contributed by atoms with E-state index in [2.05, 4.69) is 0 Å². The van der Waals surface area contributed by atoms with E-state index >= 15 is 0 Å². The molecule has 1 N–H and O–H groups in total. The smallest absolute Gasteiger partial charge is 0.162 e. The zero-order valence-electron chi connectivity index (χ0n) is 10.7. The molecule has 0 saturated heterocycles. The predicted octanol–water partition coefficient (Wildman–Crippen LogP) is 2.81. The molecule has 0 aliphatic heterocycles. The Morgan fingerprint density at radius 2 is 1.47 bits per heavy atom. The number of benzene rings is 2. The lowest BCUT2D eigenvalue weighted by Gasteiger charge is -2.04. The van der Waals surface area contributed by atoms with E-state index < -0.39 is 6.10 Å². The summed E-state index contributed by atoms with van der Waals surface area (Å²) in [6.45, 7) is 1.37. The van der Waals surface area contributed by atoms with Crippen molar-refractivity contribution in [3.8, 4) is 0 Å². The monoisotopic (exact) mass is 256 g/mol. The van der Waals surface area contributed by atoms with Gasteiger partial charge in [-0.05, 0) is 12.5 Å². The number of carbonyl (C=O) groups excluding carboxylic acids is 2. The molecule has 2 aromatic carbocycles. The molecule has 0 spiro atoms. The van der Waals surface area contributed by atoms with Crippen molar-refractivity contribution in [3.05, 3.63) is 71.8 Å². The summed E-state index contributed by atoms with van der Waals surface area (Å²) in [5.74, 6) is -0.226. The zero-order valence-corrected chi connectivity index (χ0v) is 10.7. The number of aliphatic hydroxyl groups is 1. The molecule has 0 fully saturated rings. The molecule has 0 radical (unpaired) electrons. The van der Waals surface area contributed by atoms with Gasteiger partial charge in [-0.15, -0.1) is 0 Å². The van der Waals surface area contributed by atoms with Crippen molar-refractivity contribution >= 4 is 12.1 Å². The fourth-order valence-electron chi connectivity index (χ4n) is 1.40. The van der Waals surface area contributed by atoms with E-state index in [0.717, 1.165) is 11.8 Å². The van der Waals surface area contributed by atoms with Gasteiger partial charge in [0.05, 0.1) is 0 Å². The number of ketones is 1. The average molecular weight is 256 g/mol. The van der Waals surface area contributed by atoms with Crippen LogP contribution < -0.4 is 0 Å². The van der Waals surface area contributed by atoms with Gasteiger partial charge >= 0.3 is 0 Å². The third-order valence-corrected chi connectivity index (χ3v) is 2.44. The summed E-state index contributed by atoms with van der Waals surface area (Å²) in [6.07, 6.45) is -0.129. The zero-order chi connectivity index (χ0) is 14.1. The lowest BCUT2D eigenvalue weighted by atomic mass is 10.1. The summed E-state index contributed by atoms with van der Waals surface area (Å²) in [7, 11) is 0. The van der Waals surface area contributed by atoms with Crippen LogP contribution in [-0.4, -0.2) is 17.2 Å². The molecule has 0 aromatic heterocycles. The second kappa shape index (κ2) is 7.95. The first-order valence-corrected chi connectivity index (χ1v) is 5.89. The minimum Gasteiger partial charge on any atom is -0.381 e. The molecule has 2 rings (SSSR count). The van der Waals surface area contributed by atoms with Crippen LogP contribution in [0.5, 0.6) is 0 Å². The van der Waals surface area contributed by atoms with Crippen LogP contribution >= 0.6 is 0 Å². The van der Waals surface area contributed by atoms with Gasteiger partial charge < -0.3 is 5.11 Å². The van der Waals surface area contributed by atoms with E-state index in [1.165, 1.54) is 6.92 Å². The van der Waals surface area contributed by atoms with Gasteiger partial charge in [-0.3, -0.25) is 9.59 Å². The maximum atomic E-state index is 10.7. The molecule has 0 heterocycles. The van der Waals surface area contributed by atoms with E-state index in [1.807, 2.05) is 24.3 Å². The summed E-state index contributed by atoms with van der Waals surface area (Å²) in [5.41, 5.74) is 1.38. The number of hydrogen-bond donors (Lipinski definition) is 1. The number of rotatable bonds is 3. The third-order valence-electron chi connectivity index (χ3n) is 2.44. The Morgan fingerprint density at radius 3 is 1.84 bits per heavy atom. The maximum Gasteiger partial charge on any atom is 0.162 e. The second-order valence-corrected chi connectivity index (χ2v) is 3.95. The molecule has 2 aromatic rings. The topological polar surface area (TPSA) is 54.4 Å². The highest BCUT2D eigenvalue weighted by Crippen LogP contribution is 2.11. The van der Waals surface area contributed by atoms with Gasteiger partial charge in [0.2, 0.25) is 0 Å². The Kier molecular flexibility index (Phi) is 6.19. The second-order valence-electron chi connectivity index (χ2n) is 3.95. The van der Waals surface area contributed by atoms with Crippen LogP contribution in [0.1, 0.15) is 28.9 Å². The minimum absolute atomic E-state index is 0.226. The molecule has 3 nitrogen and oxygen atoms in total. The van der Waals surface area contributed by atoms with E-state index in [4.69, 9.17) is 0 Å². The Bertz CT molecular complexity index is 506. The summed E-state index contributed by atoms with van der Waals surface area (Å²) < 4.78 is 0. The fourth-order valence-corrected chi connectivity index (χ4v) is 1.40. The van der Waals surface area contributed by atoms with Crippen molar-refractivity contribution in [1.82, 2.24) is 0 Å². The summed E-state index contributed by atoms with van der Waals surface area (Å²) in [5, 5.41) is 9.25. The number of aliphatic hydroxyl groups excluding tert-OH is 1. The van der Waals surface area contributed by atoms with Crippen molar-refractivity contribution in [2.45, 2.75) is 13.0 Å². The normalized spacial score (nSPS) is 10.8. The third kappa shape index (κ3) is 5.27. The molecular formula is C16H16O3. The van der Waals surface area contributed by atoms with Crippen LogP contribution in [0.15, 0.2) is 60.7 Å². The summed E-state index contributed by atoms with van der Waals surface area (Å²) in [4.78, 5) is 20.7. The molecule has 0 aliphatic rings. The van der Waals surface area contributed by atoms with E-state index in [-0.39, 0.29) is 5.78 Å². The van der Waals surface area contributed by atoms with Crippen LogP contribution in [0.3, 0.4) is 0 Å². The highest BCUT2D eigenvalue weighted by Gasteiger charge is 2.10. The first-order valence-electron chi connectivity index (χ1n) is 5.89. The molecule has 0 saturated carbocycles. The van der Waals surface area contributed by atoms with Gasteiger partial charge in [-0.25, -0.2) is 0 Å². The largest absolute Gasteiger partial charge is 0.381 e. The highest BCUT2D eigenvalue weighted by atomic mass is 16.3. The summed E-state index contributed by atoms with van der Waals surface area (Å²) in [6, 6.07) is 18.0. The highest BCUT2D eigenvalue weighted by molar-refractivity contribution is 5.81. The van der Waals surface area contributed by atoms with Crippen molar-refractivity contribution in [3.63, 3.8) is 0 Å². The van der Waals surface area contributed by atoms with Gasteiger partial charge in [-0.1, -0.05) is 60.7 Å². The van der Waals surface area contributed by atoms with E-state index in [9.17, 15) is 14.7 Å². The van der Waals surface area contributed by atoms with E-state index in [0.29, 0.717) is 5.56 Å². The minimum atomic E-state index is -0.962. The Labute approximate surface area is 112 Å². The first-order chi connectivity index (χ1) is 9.15. The van der Waals surface area contributed by atoms with Gasteiger partial charge in [-0.2, -0.15) is 0 Å². The van der Waals surface area contributed by atoms with Crippen molar-refractivity contribution in [2.24, 2.45) is 0 Å². The number of Topliss-reactive ketones (excluding diaryl/α,β-unsaturated/α-hetero) is 1. The molecule has 0 bridgehead atoms. The van der Waals surface area contributed by atoms with E-state index in [1.54, 1.807) is 36.4 Å². The van der Waals surface area contributed by atoms with Gasteiger partial charge in [0.25, 0.3) is 0 Å². The predicted molar refractivity (Wildman–Crippen MR) is 73.9 cm³/mol. The lowest BCUT2D eigenvalue weighted by molar-refractivity contribution is -0.125. The van der Waals surface area contributed by atoms with Gasteiger partial charge in [0, 0.05) is 5.56 Å². The number of carbonyl (C=O) groups is 2. The molecule has 0 aliphatic carbocycles. The average Bonchev–Trinajstić information content (AvgIpc) is 2.48. The van der Waals surface area contributed by atoms with Crippen LogP contribution in [0, 0.1) is 0 Å². The molecule has 3 heteroatoms. The number of hydrogen-bond acceptors (Lipinski definition) is 3. The van der Waals surface area contributed by atoms with Crippen LogP contribution in [-0.2, 0) is 4.79 Å². The van der Waals surface area contributed by atoms with Gasteiger partial charge in [0.15, 0.2) is 5.78 Å². The molecule has 0 unspecified atom stereocenters. The van der Waals surface area contributed by atoms with Gasteiger partial charge in [0.1, 0.15) is 12.4 Å². The Morgan fingerprint density at radius 1 is 1.00 bits per heavy atom. The van der Waals surface area contributed by atoms with Crippen LogP contribution in [0.2, 0.25) is 0 Å². The summed E-state index contributed by atoms with van der Waals surface area (Å²) >= 11 is 0. The number of aldehydes is 1.